The monoisotopic (exact) mass is 327 g/mol. The molecule has 114 valence electrons. The van der Waals surface area contributed by atoms with Gasteiger partial charge in [0.05, 0.1) is 11.2 Å². The quantitative estimate of drug-likeness (QED) is 0.542. The average Bonchev–Trinajstić information content (AvgIpc) is 2.90. The molecule has 0 aliphatic heterocycles. The molecule has 0 saturated carbocycles. The molecule has 4 rings (SSSR count). The summed E-state index contributed by atoms with van der Waals surface area (Å²) in [6.07, 6.45) is 1.40. The lowest BCUT2D eigenvalue weighted by Gasteiger charge is -2.13. The first kappa shape index (κ1) is 13.9. The minimum absolute atomic E-state index is 0.422. The summed E-state index contributed by atoms with van der Waals surface area (Å²) in [4.78, 5) is 3.59. The predicted molar refractivity (Wildman–Crippen MR) is 87.8 cm³/mol. The van der Waals surface area contributed by atoms with Crippen molar-refractivity contribution in [2.75, 3.05) is 5.73 Å². The Balaban J connectivity index is 2.25. The Morgan fingerprint density at radius 1 is 1.17 bits per heavy atom. The highest BCUT2D eigenvalue weighted by atomic mass is 35.5. The van der Waals surface area contributed by atoms with Crippen LogP contribution in [0.5, 0.6) is 0 Å². The maximum Gasteiger partial charge on any atom is 0.213 e. The van der Waals surface area contributed by atoms with E-state index in [4.69, 9.17) is 17.3 Å². The van der Waals surface area contributed by atoms with Gasteiger partial charge in [0.1, 0.15) is 5.82 Å². The van der Waals surface area contributed by atoms with E-state index in [0.29, 0.717) is 33.3 Å². The standard InChI is InChI=1S/C16H11ClFN5/c1-8-21-22-16-15(19)14(9-4-5-20-13(18)6-9)11-7-10(17)2-3-12(11)23(8)16/h2-7H,19H2,1H3. The lowest BCUT2D eigenvalue weighted by atomic mass is 10.00. The molecule has 0 aliphatic carbocycles. The number of fused-ring (bicyclic) bond motifs is 3. The Kier molecular flexibility index (Phi) is 2.96. The first-order valence-electron chi connectivity index (χ1n) is 6.90. The molecule has 4 aromatic rings. The predicted octanol–water partition coefficient (Wildman–Crippen LogP) is 3.63. The zero-order chi connectivity index (χ0) is 16.1. The molecule has 1 aromatic carbocycles. The van der Waals surface area contributed by atoms with Crippen molar-refractivity contribution in [2.24, 2.45) is 0 Å². The zero-order valence-electron chi connectivity index (χ0n) is 12.1. The van der Waals surface area contributed by atoms with Gasteiger partial charge in [-0.25, -0.2) is 4.98 Å². The van der Waals surface area contributed by atoms with Crippen molar-refractivity contribution >= 4 is 33.8 Å². The van der Waals surface area contributed by atoms with E-state index in [1.165, 1.54) is 12.3 Å². The van der Waals surface area contributed by atoms with Crippen LogP contribution in [0, 0.1) is 12.9 Å². The van der Waals surface area contributed by atoms with Crippen LogP contribution < -0.4 is 5.73 Å². The van der Waals surface area contributed by atoms with Crippen LogP contribution in [0.15, 0.2) is 36.5 Å². The van der Waals surface area contributed by atoms with Crippen molar-refractivity contribution in [3.63, 3.8) is 0 Å². The highest BCUT2D eigenvalue weighted by Gasteiger charge is 2.18. The number of hydrogen-bond acceptors (Lipinski definition) is 4. The third kappa shape index (κ3) is 2.03. The van der Waals surface area contributed by atoms with E-state index in [1.807, 2.05) is 17.4 Å². The Labute approximate surface area is 135 Å². The molecule has 0 fully saturated rings. The molecule has 0 amide bonds. The smallest absolute Gasteiger partial charge is 0.213 e. The summed E-state index contributed by atoms with van der Waals surface area (Å²) in [6.45, 7) is 1.85. The maximum absolute atomic E-state index is 13.6. The van der Waals surface area contributed by atoms with Gasteiger partial charge in [-0.3, -0.25) is 4.40 Å². The average molecular weight is 328 g/mol. The third-order valence-electron chi connectivity index (χ3n) is 3.82. The zero-order valence-corrected chi connectivity index (χ0v) is 12.8. The van der Waals surface area contributed by atoms with E-state index >= 15 is 0 Å². The molecule has 3 aromatic heterocycles. The fourth-order valence-electron chi connectivity index (χ4n) is 2.85. The van der Waals surface area contributed by atoms with Gasteiger partial charge >= 0.3 is 0 Å². The minimum atomic E-state index is -0.574. The van der Waals surface area contributed by atoms with Crippen LogP contribution in [0.4, 0.5) is 10.1 Å². The summed E-state index contributed by atoms with van der Waals surface area (Å²) in [7, 11) is 0. The van der Waals surface area contributed by atoms with Crippen molar-refractivity contribution in [1.82, 2.24) is 19.6 Å². The lowest BCUT2D eigenvalue weighted by molar-refractivity contribution is 0.584. The maximum atomic E-state index is 13.6. The number of benzene rings is 1. The molecule has 2 N–H and O–H groups in total. The number of nitrogen functional groups attached to an aromatic ring is 1. The number of pyridine rings is 2. The molecule has 23 heavy (non-hydrogen) atoms. The first-order chi connectivity index (χ1) is 11.1. The van der Waals surface area contributed by atoms with Crippen LogP contribution in [-0.2, 0) is 0 Å². The molecule has 3 heterocycles. The molecule has 7 heteroatoms. The van der Waals surface area contributed by atoms with Crippen LogP contribution >= 0.6 is 11.6 Å². The normalized spacial score (nSPS) is 11.4. The summed E-state index contributed by atoms with van der Waals surface area (Å²) >= 11 is 6.16. The summed E-state index contributed by atoms with van der Waals surface area (Å²) in [5.74, 6) is 0.140. The van der Waals surface area contributed by atoms with E-state index in [-0.39, 0.29) is 0 Å². The molecule has 0 bridgehead atoms. The SMILES string of the molecule is Cc1nnc2c(N)c(-c3ccnc(F)c3)c3cc(Cl)ccc3n12. The van der Waals surface area contributed by atoms with E-state index in [0.717, 1.165) is 10.9 Å². The number of nitrogens with zero attached hydrogens (tertiary/aromatic N) is 4. The Bertz CT molecular complexity index is 1070. The molecule has 0 saturated heterocycles. The Morgan fingerprint density at radius 2 is 2.00 bits per heavy atom. The fraction of sp³-hybridized carbons (Fsp3) is 0.0625. The van der Waals surface area contributed by atoms with Gasteiger partial charge in [-0.1, -0.05) is 11.6 Å². The number of hydrogen-bond donors (Lipinski definition) is 1. The molecule has 0 atom stereocenters. The molecule has 0 unspecified atom stereocenters. The van der Waals surface area contributed by atoms with Crippen LogP contribution in [0.3, 0.4) is 0 Å². The molecule has 5 nitrogen and oxygen atoms in total. The highest BCUT2D eigenvalue weighted by molar-refractivity contribution is 6.31. The van der Waals surface area contributed by atoms with Crippen LogP contribution in [0.1, 0.15) is 5.82 Å². The summed E-state index contributed by atoms with van der Waals surface area (Å²) < 4.78 is 15.4. The molecular formula is C16H11ClFN5. The first-order valence-corrected chi connectivity index (χ1v) is 7.28. The van der Waals surface area contributed by atoms with Crippen LogP contribution in [0.25, 0.3) is 27.7 Å². The number of anilines is 1. The highest BCUT2D eigenvalue weighted by Crippen LogP contribution is 2.37. The van der Waals surface area contributed by atoms with Crippen molar-refractivity contribution in [3.05, 3.63) is 53.3 Å². The van der Waals surface area contributed by atoms with Gasteiger partial charge in [0.15, 0.2) is 5.65 Å². The Morgan fingerprint density at radius 3 is 2.78 bits per heavy atom. The van der Waals surface area contributed by atoms with Gasteiger partial charge in [-0.15, -0.1) is 10.2 Å². The van der Waals surface area contributed by atoms with E-state index in [2.05, 4.69) is 15.2 Å². The number of rotatable bonds is 1. The topological polar surface area (TPSA) is 69.1 Å². The largest absolute Gasteiger partial charge is 0.395 e. The number of nitrogens with two attached hydrogens (primary N) is 1. The van der Waals surface area contributed by atoms with Crippen LogP contribution in [-0.4, -0.2) is 19.6 Å². The van der Waals surface area contributed by atoms with Gasteiger partial charge in [0.25, 0.3) is 0 Å². The Hall–Kier alpha value is -2.73. The van der Waals surface area contributed by atoms with Gasteiger partial charge < -0.3 is 5.73 Å². The summed E-state index contributed by atoms with van der Waals surface area (Å²) in [5.41, 5.74) is 9.42. The van der Waals surface area contributed by atoms with Crippen molar-refractivity contribution in [1.29, 1.82) is 0 Å². The molecule has 0 radical (unpaired) electrons. The number of aromatic nitrogens is 4. The van der Waals surface area contributed by atoms with Crippen LogP contribution in [0.2, 0.25) is 5.02 Å². The van der Waals surface area contributed by atoms with Gasteiger partial charge in [0, 0.05) is 28.2 Å². The van der Waals surface area contributed by atoms with Crippen molar-refractivity contribution in [3.8, 4) is 11.1 Å². The second kappa shape index (κ2) is 4.89. The summed E-state index contributed by atoms with van der Waals surface area (Å²) in [5, 5.41) is 9.61. The van der Waals surface area contributed by atoms with E-state index in [9.17, 15) is 4.39 Å². The van der Waals surface area contributed by atoms with E-state index in [1.54, 1.807) is 18.2 Å². The van der Waals surface area contributed by atoms with Gasteiger partial charge in [-0.05, 0) is 36.8 Å². The van der Waals surface area contributed by atoms with Crippen molar-refractivity contribution in [2.45, 2.75) is 6.92 Å². The fourth-order valence-corrected chi connectivity index (χ4v) is 3.03. The third-order valence-corrected chi connectivity index (χ3v) is 4.05. The second-order valence-electron chi connectivity index (χ2n) is 5.22. The molecule has 0 spiro atoms. The second-order valence-corrected chi connectivity index (χ2v) is 5.66. The minimum Gasteiger partial charge on any atom is -0.395 e. The molecule has 0 aliphatic rings. The molecular weight excluding hydrogens is 317 g/mol. The van der Waals surface area contributed by atoms with Crippen molar-refractivity contribution < 1.29 is 4.39 Å². The van der Waals surface area contributed by atoms with Gasteiger partial charge in [0.2, 0.25) is 5.95 Å². The van der Waals surface area contributed by atoms with Gasteiger partial charge in [-0.2, -0.15) is 4.39 Å². The number of aryl methyl sites for hydroxylation is 1. The van der Waals surface area contributed by atoms with E-state index < -0.39 is 5.95 Å². The summed E-state index contributed by atoms with van der Waals surface area (Å²) in [6, 6.07) is 8.51. The number of halogens is 2. The lowest BCUT2D eigenvalue weighted by Crippen LogP contribution is -2.01.